The van der Waals surface area contributed by atoms with Crippen LogP contribution in [-0.4, -0.2) is 44.6 Å². The molecule has 1 aliphatic heterocycles. The molecule has 0 atom stereocenters. The average Bonchev–Trinajstić information content (AvgIpc) is 3.10. The molecule has 2 fully saturated rings. The van der Waals surface area contributed by atoms with Crippen LogP contribution >= 0.6 is 0 Å². The Hall–Kier alpha value is -4.32. The Kier molecular flexibility index (Phi) is 5.21. The molecular weight excluding hydrogens is 432 g/mol. The maximum absolute atomic E-state index is 12.2. The number of pyridine rings is 1. The smallest absolute Gasteiger partial charge is 0.298 e. The van der Waals surface area contributed by atoms with Crippen LogP contribution in [0.1, 0.15) is 36.2 Å². The second kappa shape index (κ2) is 8.23. The van der Waals surface area contributed by atoms with Crippen LogP contribution in [0.3, 0.4) is 0 Å². The molecular formula is C25H24N6O3. The summed E-state index contributed by atoms with van der Waals surface area (Å²) in [4.78, 5) is 30.3. The number of hydrogen-bond donors (Lipinski definition) is 2. The van der Waals surface area contributed by atoms with Gasteiger partial charge in [0.25, 0.3) is 11.8 Å². The number of para-hydroxylation sites is 1. The number of primary amides is 1. The van der Waals surface area contributed by atoms with E-state index in [1.807, 2.05) is 30.3 Å². The Morgan fingerprint density at radius 2 is 1.85 bits per heavy atom. The van der Waals surface area contributed by atoms with Crippen LogP contribution in [0, 0.1) is 17.3 Å². The Bertz CT molecular complexity index is 1310. The van der Waals surface area contributed by atoms with Crippen molar-refractivity contribution in [2.45, 2.75) is 25.8 Å². The van der Waals surface area contributed by atoms with Gasteiger partial charge >= 0.3 is 0 Å². The lowest BCUT2D eigenvalue weighted by Gasteiger charge is -2.58. The zero-order valence-electron chi connectivity index (χ0n) is 18.7. The van der Waals surface area contributed by atoms with Crippen molar-refractivity contribution in [2.75, 3.05) is 18.8 Å². The summed E-state index contributed by atoms with van der Waals surface area (Å²) >= 11 is 0. The van der Waals surface area contributed by atoms with Gasteiger partial charge in [-0.25, -0.2) is 4.68 Å². The van der Waals surface area contributed by atoms with Crippen molar-refractivity contribution in [3.05, 3.63) is 54.2 Å². The highest BCUT2D eigenvalue weighted by Gasteiger charge is 2.54. The molecule has 2 aromatic heterocycles. The summed E-state index contributed by atoms with van der Waals surface area (Å²) in [7, 11) is 0. The second-order valence-corrected chi connectivity index (χ2v) is 8.81. The van der Waals surface area contributed by atoms with Gasteiger partial charge in [-0.2, -0.15) is 5.10 Å². The minimum absolute atomic E-state index is 0.0297. The average molecular weight is 457 g/mol. The summed E-state index contributed by atoms with van der Waals surface area (Å²) in [5.74, 6) is 5.91. The molecule has 34 heavy (non-hydrogen) atoms. The topological polar surface area (TPSA) is 129 Å². The van der Waals surface area contributed by atoms with Gasteiger partial charge in [0.1, 0.15) is 28.6 Å². The standard InChI is InChI=1S/C25H24N6O3/c1-2-6-20(32)30-14-25(15-30)11-16(12-25)31-23(26)21(24(27)33)22(29-31)19-10-9-18(13-28-19)34-17-7-4-3-5-8-17/h3-5,7-10,13,16H,11-12,14-15,26H2,1H3,(H2,27,33). The fourth-order valence-electron chi connectivity index (χ4n) is 4.82. The van der Waals surface area contributed by atoms with Gasteiger partial charge in [-0.1, -0.05) is 24.1 Å². The molecule has 1 aliphatic carbocycles. The first-order chi connectivity index (χ1) is 16.4. The van der Waals surface area contributed by atoms with E-state index in [1.54, 1.807) is 34.8 Å². The number of aromatic nitrogens is 3. The molecule has 172 valence electrons. The quantitative estimate of drug-likeness (QED) is 0.568. The lowest BCUT2D eigenvalue weighted by molar-refractivity contribution is -0.148. The Morgan fingerprint density at radius 1 is 1.12 bits per heavy atom. The van der Waals surface area contributed by atoms with Gasteiger partial charge in [0.05, 0.1) is 17.9 Å². The van der Waals surface area contributed by atoms with Crippen molar-refractivity contribution in [1.29, 1.82) is 0 Å². The van der Waals surface area contributed by atoms with Crippen molar-refractivity contribution >= 4 is 17.6 Å². The molecule has 2 amide bonds. The first-order valence-electron chi connectivity index (χ1n) is 11.0. The maximum Gasteiger partial charge on any atom is 0.298 e. The molecule has 4 N–H and O–H groups in total. The number of anilines is 1. The first kappa shape index (κ1) is 21.5. The van der Waals surface area contributed by atoms with Crippen molar-refractivity contribution in [3.8, 4) is 34.7 Å². The van der Waals surface area contributed by atoms with Crippen molar-refractivity contribution in [2.24, 2.45) is 11.1 Å². The van der Waals surface area contributed by atoms with E-state index in [0.29, 0.717) is 36.0 Å². The van der Waals surface area contributed by atoms with Crippen LogP contribution in [0.5, 0.6) is 11.5 Å². The SMILES string of the molecule is CC#CC(=O)N1CC2(CC(n3nc(-c4ccc(Oc5ccccc5)cn4)c(C(N)=O)c3N)C2)C1. The van der Waals surface area contributed by atoms with E-state index < -0.39 is 5.91 Å². The molecule has 0 bridgehead atoms. The first-order valence-corrected chi connectivity index (χ1v) is 11.0. The molecule has 0 radical (unpaired) electrons. The number of nitrogens with zero attached hydrogens (tertiary/aromatic N) is 4. The fraction of sp³-hybridized carbons (Fsp3) is 0.280. The summed E-state index contributed by atoms with van der Waals surface area (Å²) < 4.78 is 7.46. The highest BCUT2D eigenvalue weighted by atomic mass is 16.5. The minimum atomic E-state index is -0.655. The number of likely N-dealkylation sites (tertiary alicyclic amines) is 1. The number of benzene rings is 1. The lowest BCUT2D eigenvalue weighted by atomic mass is 9.60. The highest BCUT2D eigenvalue weighted by molar-refractivity contribution is 6.03. The molecule has 0 unspecified atom stereocenters. The molecule has 1 spiro atoms. The lowest BCUT2D eigenvalue weighted by Crippen LogP contribution is -2.63. The molecule has 1 aromatic carbocycles. The van der Waals surface area contributed by atoms with Gasteiger partial charge in [0.2, 0.25) is 0 Å². The summed E-state index contributed by atoms with van der Waals surface area (Å²) in [6.07, 6.45) is 3.20. The molecule has 9 nitrogen and oxygen atoms in total. The molecule has 1 saturated heterocycles. The number of carbonyl (C=O) groups excluding carboxylic acids is 2. The number of nitrogens with two attached hydrogens (primary N) is 2. The van der Waals surface area contributed by atoms with E-state index in [9.17, 15) is 9.59 Å². The minimum Gasteiger partial charge on any atom is -0.456 e. The Labute approximate surface area is 196 Å². The molecule has 1 saturated carbocycles. The van der Waals surface area contributed by atoms with Gasteiger partial charge in [-0.3, -0.25) is 14.6 Å². The molecule has 3 heterocycles. The zero-order valence-corrected chi connectivity index (χ0v) is 18.7. The van der Waals surface area contributed by atoms with E-state index in [0.717, 1.165) is 12.8 Å². The number of carbonyl (C=O) groups is 2. The number of hydrogen-bond acceptors (Lipinski definition) is 6. The third-order valence-electron chi connectivity index (χ3n) is 6.41. The summed E-state index contributed by atoms with van der Waals surface area (Å²) in [5, 5.41) is 4.63. The van der Waals surface area contributed by atoms with Crippen LogP contribution in [0.4, 0.5) is 5.82 Å². The van der Waals surface area contributed by atoms with Crippen LogP contribution in [-0.2, 0) is 4.79 Å². The monoisotopic (exact) mass is 456 g/mol. The highest BCUT2D eigenvalue weighted by Crippen LogP contribution is 2.54. The zero-order chi connectivity index (χ0) is 23.9. The second-order valence-electron chi connectivity index (χ2n) is 8.81. The van der Waals surface area contributed by atoms with Gasteiger partial charge in [0.15, 0.2) is 0 Å². The van der Waals surface area contributed by atoms with E-state index in [2.05, 4.69) is 21.9 Å². The predicted molar refractivity (Wildman–Crippen MR) is 126 cm³/mol. The largest absolute Gasteiger partial charge is 0.456 e. The van der Waals surface area contributed by atoms with Gasteiger partial charge in [-0.05, 0) is 50.0 Å². The van der Waals surface area contributed by atoms with E-state index in [1.165, 1.54) is 0 Å². The molecule has 5 rings (SSSR count). The van der Waals surface area contributed by atoms with Crippen LogP contribution in [0.2, 0.25) is 0 Å². The van der Waals surface area contributed by atoms with Crippen LogP contribution in [0.15, 0.2) is 48.7 Å². The Morgan fingerprint density at radius 3 is 2.47 bits per heavy atom. The maximum atomic E-state index is 12.2. The molecule has 9 heteroatoms. The van der Waals surface area contributed by atoms with Gasteiger partial charge in [0, 0.05) is 18.5 Å². The van der Waals surface area contributed by atoms with Crippen LogP contribution in [0.25, 0.3) is 11.4 Å². The summed E-state index contributed by atoms with van der Waals surface area (Å²) in [6, 6.07) is 12.9. The summed E-state index contributed by atoms with van der Waals surface area (Å²) in [6.45, 7) is 3.01. The van der Waals surface area contributed by atoms with Gasteiger partial charge < -0.3 is 21.1 Å². The normalized spacial score (nSPS) is 16.2. The number of amides is 2. The van der Waals surface area contributed by atoms with Crippen molar-refractivity contribution in [3.63, 3.8) is 0 Å². The third-order valence-corrected chi connectivity index (χ3v) is 6.41. The fourth-order valence-corrected chi connectivity index (χ4v) is 4.82. The number of nitrogen functional groups attached to an aromatic ring is 1. The van der Waals surface area contributed by atoms with E-state index in [-0.39, 0.29) is 28.7 Å². The number of rotatable bonds is 5. The van der Waals surface area contributed by atoms with Gasteiger partial charge in [-0.15, -0.1) is 0 Å². The van der Waals surface area contributed by atoms with E-state index in [4.69, 9.17) is 16.2 Å². The van der Waals surface area contributed by atoms with Crippen molar-refractivity contribution in [1.82, 2.24) is 19.7 Å². The predicted octanol–water partition coefficient (Wildman–Crippen LogP) is 2.61. The van der Waals surface area contributed by atoms with Crippen LogP contribution < -0.4 is 16.2 Å². The summed E-state index contributed by atoms with van der Waals surface area (Å²) in [5.41, 5.74) is 13.0. The number of ether oxygens (including phenoxy) is 1. The molecule has 3 aromatic rings. The van der Waals surface area contributed by atoms with Crippen molar-refractivity contribution < 1.29 is 14.3 Å². The third kappa shape index (κ3) is 3.73. The Balaban J connectivity index is 1.33. The van der Waals surface area contributed by atoms with E-state index >= 15 is 0 Å². The molecule has 2 aliphatic rings.